The SMILES string of the molecule is COc1ccc(/C(=C/Nc2ccccc2OC)C(=O)O)cc1. The molecule has 0 spiro atoms. The third-order valence-electron chi connectivity index (χ3n) is 3.11. The number of benzene rings is 2. The summed E-state index contributed by atoms with van der Waals surface area (Å²) < 4.78 is 10.3. The van der Waals surface area contributed by atoms with Gasteiger partial charge in [0.1, 0.15) is 11.5 Å². The van der Waals surface area contributed by atoms with E-state index in [0.29, 0.717) is 22.7 Å². The predicted molar refractivity (Wildman–Crippen MR) is 85.2 cm³/mol. The molecule has 0 fully saturated rings. The van der Waals surface area contributed by atoms with Crippen LogP contribution in [0.25, 0.3) is 5.57 Å². The number of aliphatic carboxylic acids is 1. The van der Waals surface area contributed by atoms with Gasteiger partial charge in [-0.1, -0.05) is 24.3 Å². The zero-order valence-electron chi connectivity index (χ0n) is 12.4. The normalized spacial score (nSPS) is 10.9. The maximum absolute atomic E-state index is 11.5. The lowest BCUT2D eigenvalue weighted by molar-refractivity contribution is -0.130. The topological polar surface area (TPSA) is 67.8 Å². The van der Waals surface area contributed by atoms with Crippen molar-refractivity contribution >= 4 is 17.2 Å². The summed E-state index contributed by atoms with van der Waals surface area (Å²) in [4.78, 5) is 11.5. The van der Waals surface area contributed by atoms with Gasteiger partial charge in [-0.05, 0) is 29.8 Å². The first-order valence-electron chi connectivity index (χ1n) is 6.63. The van der Waals surface area contributed by atoms with E-state index >= 15 is 0 Å². The highest BCUT2D eigenvalue weighted by molar-refractivity contribution is 6.15. The number of carboxylic acids is 1. The van der Waals surface area contributed by atoms with Crippen molar-refractivity contribution in [1.82, 2.24) is 0 Å². The van der Waals surface area contributed by atoms with Gasteiger partial charge in [0.15, 0.2) is 0 Å². The number of carboxylic acid groups (broad SMARTS) is 1. The van der Waals surface area contributed by atoms with Crippen LogP contribution in [0.4, 0.5) is 5.69 Å². The molecule has 0 radical (unpaired) electrons. The van der Waals surface area contributed by atoms with Crippen LogP contribution in [0.5, 0.6) is 11.5 Å². The fourth-order valence-corrected chi connectivity index (χ4v) is 1.95. The molecule has 0 aromatic heterocycles. The molecule has 0 amide bonds. The highest BCUT2D eigenvalue weighted by atomic mass is 16.5. The minimum absolute atomic E-state index is 0.147. The molecule has 0 atom stereocenters. The number of methoxy groups -OCH3 is 2. The van der Waals surface area contributed by atoms with E-state index < -0.39 is 5.97 Å². The first kappa shape index (κ1) is 15.4. The number of rotatable bonds is 6. The number of ether oxygens (including phenoxy) is 2. The van der Waals surface area contributed by atoms with Gasteiger partial charge >= 0.3 is 5.97 Å². The summed E-state index contributed by atoms with van der Waals surface area (Å²) in [6.07, 6.45) is 1.45. The van der Waals surface area contributed by atoms with Gasteiger partial charge in [-0.25, -0.2) is 4.79 Å². The van der Waals surface area contributed by atoms with Gasteiger partial charge < -0.3 is 19.9 Å². The highest BCUT2D eigenvalue weighted by Crippen LogP contribution is 2.25. The first-order chi connectivity index (χ1) is 10.7. The molecule has 0 bridgehead atoms. The Labute approximate surface area is 128 Å². The smallest absolute Gasteiger partial charge is 0.337 e. The summed E-state index contributed by atoms with van der Waals surface area (Å²) in [5.74, 6) is 0.289. The number of nitrogens with one attached hydrogen (secondary N) is 1. The van der Waals surface area contributed by atoms with Gasteiger partial charge in [-0.3, -0.25) is 0 Å². The number of para-hydroxylation sites is 2. The van der Waals surface area contributed by atoms with Crippen molar-refractivity contribution in [2.24, 2.45) is 0 Å². The average Bonchev–Trinajstić information content (AvgIpc) is 2.55. The molecule has 2 aromatic carbocycles. The van der Waals surface area contributed by atoms with Gasteiger partial charge in [0.25, 0.3) is 0 Å². The predicted octanol–water partition coefficient (Wildman–Crippen LogP) is 3.24. The summed E-state index contributed by atoms with van der Waals surface area (Å²) >= 11 is 0. The van der Waals surface area contributed by atoms with Crippen molar-refractivity contribution < 1.29 is 19.4 Å². The second kappa shape index (κ2) is 7.17. The molecule has 22 heavy (non-hydrogen) atoms. The minimum atomic E-state index is -1.02. The van der Waals surface area contributed by atoms with E-state index in [1.807, 2.05) is 18.2 Å². The van der Waals surface area contributed by atoms with Gasteiger partial charge in [0.05, 0.1) is 25.5 Å². The molecule has 5 heteroatoms. The molecule has 0 aliphatic heterocycles. The number of anilines is 1. The molecule has 0 unspecified atom stereocenters. The van der Waals surface area contributed by atoms with E-state index in [1.165, 1.54) is 6.20 Å². The Hall–Kier alpha value is -2.95. The average molecular weight is 299 g/mol. The quantitative estimate of drug-likeness (QED) is 0.801. The Balaban J connectivity index is 2.29. The zero-order chi connectivity index (χ0) is 15.9. The van der Waals surface area contributed by atoms with Crippen molar-refractivity contribution in [3.63, 3.8) is 0 Å². The van der Waals surface area contributed by atoms with Crippen LogP contribution < -0.4 is 14.8 Å². The van der Waals surface area contributed by atoms with Crippen LogP contribution in [0.3, 0.4) is 0 Å². The molecule has 0 saturated carbocycles. The molecule has 2 N–H and O–H groups in total. The monoisotopic (exact) mass is 299 g/mol. The first-order valence-corrected chi connectivity index (χ1v) is 6.63. The number of carbonyl (C=O) groups is 1. The summed E-state index contributed by atoms with van der Waals surface area (Å²) in [5.41, 5.74) is 1.42. The van der Waals surface area contributed by atoms with Crippen LogP contribution in [-0.2, 0) is 4.79 Å². The van der Waals surface area contributed by atoms with Gasteiger partial charge in [0, 0.05) is 6.20 Å². The van der Waals surface area contributed by atoms with Gasteiger partial charge in [-0.2, -0.15) is 0 Å². The summed E-state index contributed by atoms with van der Waals surface area (Å²) in [7, 11) is 3.12. The molecule has 5 nitrogen and oxygen atoms in total. The molecule has 0 aliphatic carbocycles. The lowest BCUT2D eigenvalue weighted by atomic mass is 10.1. The third-order valence-corrected chi connectivity index (χ3v) is 3.11. The van der Waals surface area contributed by atoms with Crippen LogP contribution in [-0.4, -0.2) is 25.3 Å². The molecule has 2 aromatic rings. The number of hydrogen-bond donors (Lipinski definition) is 2. The molecular formula is C17H17NO4. The van der Waals surface area contributed by atoms with Crippen LogP contribution in [0.2, 0.25) is 0 Å². The fraction of sp³-hybridized carbons (Fsp3) is 0.118. The minimum Gasteiger partial charge on any atom is -0.497 e. The number of hydrogen-bond acceptors (Lipinski definition) is 4. The Morgan fingerprint density at radius 1 is 1.05 bits per heavy atom. The summed E-state index contributed by atoms with van der Waals surface area (Å²) in [6, 6.07) is 14.1. The van der Waals surface area contributed by atoms with E-state index in [0.717, 1.165) is 0 Å². The molecule has 114 valence electrons. The van der Waals surface area contributed by atoms with Gasteiger partial charge in [0.2, 0.25) is 0 Å². The maximum Gasteiger partial charge on any atom is 0.337 e. The van der Waals surface area contributed by atoms with Crippen LogP contribution in [0, 0.1) is 0 Å². The van der Waals surface area contributed by atoms with E-state index in [-0.39, 0.29) is 5.57 Å². The second-order valence-corrected chi connectivity index (χ2v) is 4.44. The van der Waals surface area contributed by atoms with E-state index in [2.05, 4.69) is 5.32 Å². The summed E-state index contributed by atoms with van der Waals surface area (Å²) in [5, 5.41) is 12.4. The van der Waals surface area contributed by atoms with Crippen LogP contribution in [0.1, 0.15) is 5.56 Å². The lowest BCUT2D eigenvalue weighted by Crippen LogP contribution is -2.03. The summed E-state index contributed by atoms with van der Waals surface area (Å²) in [6.45, 7) is 0. The standard InChI is InChI=1S/C17H17NO4/c1-21-13-9-7-12(8-10-13)14(17(19)20)11-18-15-5-3-4-6-16(15)22-2/h3-11,18H,1-2H3,(H,19,20)/b14-11-. The second-order valence-electron chi connectivity index (χ2n) is 4.44. The van der Waals surface area contributed by atoms with Crippen molar-refractivity contribution in [2.75, 3.05) is 19.5 Å². The van der Waals surface area contributed by atoms with Crippen molar-refractivity contribution in [3.8, 4) is 11.5 Å². The van der Waals surface area contributed by atoms with Crippen LogP contribution >= 0.6 is 0 Å². The molecule has 0 saturated heterocycles. The van der Waals surface area contributed by atoms with Crippen molar-refractivity contribution in [2.45, 2.75) is 0 Å². The molecule has 0 aliphatic rings. The molecule has 2 rings (SSSR count). The fourth-order valence-electron chi connectivity index (χ4n) is 1.95. The maximum atomic E-state index is 11.5. The largest absolute Gasteiger partial charge is 0.497 e. The Morgan fingerprint density at radius 3 is 2.32 bits per heavy atom. The Bertz CT molecular complexity index is 677. The molecule has 0 heterocycles. The Morgan fingerprint density at radius 2 is 1.73 bits per heavy atom. The third kappa shape index (κ3) is 3.58. The van der Waals surface area contributed by atoms with E-state index in [1.54, 1.807) is 44.6 Å². The van der Waals surface area contributed by atoms with Crippen LogP contribution in [0.15, 0.2) is 54.7 Å². The molecular weight excluding hydrogens is 282 g/mol. The van der Waals surface area contributed by atoms with E-state index in [9.17, 15) is 9.90 Å². The zero-order valence-corrected chi connectivity index (χ0v) is 12.4. The van der Waals surface area contributed by atoms with E-state index in [4.69, 9.17) is 9.47 Å². The van der Waals surface area contributed by atoms with Gasteiger partial charge in [-0.15, -0.1) is 0 Å². The van der Waals surface area contributed by atoms with Crippen molar-refractivity contribution in [3.05, 3.63) is 60.3 Å². The van der Waals surface area contributed by atoms with Crippen molar-refractivity contribution in [1.29, 1.82) is 0 Å². The Kier molecular flexibility index (Phi) is 5.03. The lowest BCUT2D eigenvalue weighted by Gasteiger charge is -2.09. The highest BCUT2D eigenvalue weighted by Gasteiger charge is 2.11.